The Kier molecular flexibility index (Phi) is 5.46. The van der Waals surface area contributed by atoms with Crippen LogP contribution in [0.1, 0.15) is 34.3 Å². The van der Waals surface area contributed by atoms with Gasteiger partial charge < -0.3 is 9.88 Å². The van der Waals surface area contributed by atoms with Crippen molar-refractivity contribution < 1.29 is 4.79 Å². The van der Waals surface area contributed by atoms with Gasteiger partial charge in [-0.25, -0.2) is 0 Å². The topological polar surface area (TPSA) is 64.0 Å². The fourth-order valence-corrected chi connectivity index (χ4v) is 3.05. The van der Waals surface area contributed by atoms with E-state index >= 15 is 0 Å². The van der Waals surface area contributed by atoms with Gasteiger partial charge in [-0.1, -0.05) is 6.07 Å². The molecule has 0 aliphatic heterocycles. The molecule has 2 aromatic heterocycles. The van der Waals surface area contributed by atoms with Gasteiger partial charge >= 0.3 is 0 Å². The van der Waals surface area contributed by atoms with Crippen molar-refractivity contribution in [2.75, 3.05) is 6.54 Å². The Hall–Kier alpha value is -2.95. The summed E-state index contributed by atoms with van der Waals surface area (Å²) in [6.07, 6.45) is 5.16. The van der Waals surface area contributed by atoms with Crippen molar-refractivity contribution in [2.24, 2.45) is 0 Å². The Bertz CT molecular complexity index is 992. The third-order valence-electron chi connectivity index (χ3n) is 4.46. The first kappa shape index (κ1) is 17.9. The molecule has 134 valence electrons. The lowest BCUT2D eigenvalue weighted by Crippen LogP contribution is -2.25. The Morgan fingerprint density at radius 2 is 2.00 bits per heavy atom. The SMILES string of the molecule is Cc1cc(C(=O)NCCCCn2ccccc2=O)c2nccc(C)c2c1. The first-order valence-corrected chi connectivity index (χ1v) is 8.86. The lowest BCUT2D eigenvalue weighted by atomic mass is 10.0. The summed E-state index contributed by atoms with van der Waals surface area (Å²) >= 11 is 0. The highest BCUT2D eigenvalue weighted by Gasteiger charge is 2.12. The molecule has 0 aliphatic carbocycles. The third kappa shape index (κ3) is 3.99. The monoisotopic (exact) mass is 349 g/mol. The van der Waals surface area contributed by atoms with Crippen LogP contribution in [0.3, 0.4) is 0 Å². The largest absolute Gasteiger partial charge is 0.352 e. The van der Waals surface area contributed by atoms with Crippen molar-refractivity contribution in [3.63, 3.8) is 0 Å². The maximum absolute atomic E-state index is 12.6. The molecule has 0 saturated carbocycles. The number of amides is 1. The third-order valence-corrected chi connectivity index (χ3v) is 4.46. The van der Waals surface area contributed by atoms with Gasteiger partial charge in [-0.05, 0) is 62.1 Å². The number of aromatic nitrogens is 2. The predicted octanol–water partition coefficient (Wildman–Crippen LogP) is 3.22. The molecule has 1 N–H and O–H groups in total. The Balaban J connectivity index is 1.61. The maximum Gasteiger partial charge on any atom is 0.253 e. The molecule has 26 heavy (non-hydrogen) atoms. The summed E-state index contributed by atoms with van der Waals surface area (Å²) in [7, 11) is 0. The summed E-state index contributed by atoms with van der Waals surface area (Å²) in [5.74, 6) is -0.103. The second-order valence-electron chi connectivity index (χ2n) is 6.53. The highest BCUT2D eigenvalue weighted by Crippen LogP contribution is 2.22. The molecule has 0 saturated heterocycles. The molecule has 3 rings (SSSR count). The second-order valence-corrected chi connectivity index (χ2v) is 6.53. The van der Waals surface area contributed by atoms with Gasteiger partial charge in [-0.2, -0.15) is 0 Å². The quantitative estimate of drug-likeness (QED) is 0.695. The number of hydrogen-bond acceptors (Lipinski definition) is 3. The molecular formula is C21H23N3O2. The van der Waals surface area contributed by atoms with Crippen molar-refractivity contribution in [1.29, 1.82) is 0 Å². The molecule has 5 heteroatoms. The molecule has 3 aromatic rings. The van der Waals surface area contributed by atoms with E-state index in [0.717, 1.165) is 34.9 Å². The summed E-state index contributed by atoms with van der Waals surface area (Å²) < 4.78 is 1.68. The zero-order valence-corrected chi connectivity index (χ0v) is 15.2. The number of fused-ring (bicyclic) bond motifs is 1. The number of nitrogens with one attached hydrogen (secondary N) is 1. The Morgan fingerprint density at radius 3 is 2.81 bits per heavy atom. The fraction of sp³-hybridized carbons (Fsp3) is 0.286. The van der Waals surface area contributed by atoms with Crippen LogP contribution in [0.5, 0.6) is 0 Å². The van der Waals surface area contributed by atoms with E-state index in [9.17, 15) is 9.59 Å². The van der Waals surface area contributed by atoms with E-state index in [1.165, 1.54) is 0 Å². The van der Waals surface area contributed by atoms with Crippen molar-refractivity contribution in [2.45, 2.75) is 33.2 Å². The van der Waals surface area contributed by atoms with Crippen molar-refractivity contribution >= 4 is 16.8 Å². The van der Waals surface area contributed by atoms with Crippen molar-refractivity contribution in [3.8, 4) is 0 Å². The lowest BCUT2D eigenvalue weighted by molar-refractivity contribution is 0.0954. The number of rotatable bonds is 6. The highest BCUT2D eigenvalue weighted by molar-refractivity contribution is 6.06. The van der Waals surface area contributed by atoms with E-state index in [1.807, 2.05) is 32.0 Å². The molecule has 5 nitrogen and oxygen atoms in total. The zero-order valence-electron chi connectivity index (χ0n) is 15.2. The van der Waals surface area contributed by atoms with Crippen molar-refractivity contribution in [3.05, 3.63) is 75.8 Å². The smallest absolute Gasteiger partial charge is 0.253 e. The molecule has 0 atom stereocenters. The van der Waals surface area contributed by atoms with Crippen LogP contribution < -0.4 is 10.9 Å². The van der Waals surface area contributed by atoms with Gasteiger partial charge in [0.2, 0.25) is 5.56 Å². The highest BCUT2D eigenvalue weighted by atomic mass is 16.1. The zero-order chi connectivity index (χ0) is 18.5. The molecule has 2 heterocycles. The number of hydrogen-bond donors (Lipinski definition) is 1. The Labute approximate surface area is 152 Å². The molecule has 0 unspecified atom stereocenters. The Morgan fingerprint density at radius 1 is 1.15 bits per heavy atom. The van der Waals surface area contributed by atoms with Crippen LogP contribution in [0.25, 0.3) is 10.9 Å². The molecule has 0 radical (unpaired) electrons. The first-order valence-electron chi connectivity index (χ1n) is 8.86. The van der Waals surface area contributed by atoms with Crippen LogP contribution in [0, 0.1) is 13.8 Å². The summed E-state index contributed by atoms with van der Waals surface area (Å²) in [5, 5.41) is 3.99. The number of carbonyl (C=O) groups is 1. The van der Waals surface area contributed by atoms with E-state index < -0.39 is 0 Å². The van der Waals surface area contributed by atoms with Crippen LogP contribution in [-0.4, -0.2) is 22.0 Å². The number of benzene rings is 1. The van der Waals surface area contributed by atoms with E-state index in [4.69, 9.17) is 0 Å². The molecule has 1 aromatic carbocycles. The first-order chi connectivity index (χ1) is 12.6. The lowest BCUT2D eigenvalue weighted by Gasteiger charge is -2.10. The number of nitrogens with zero attached hydrogens (tertiary/aromatic N) is 2. The minimum atomic E-state index is -0.103. The molecular weight excluding hydrogens is 326 g/mol. The summed E-state index contributed by atoms with van der Waals surface area (Å²) in [4.78, 5) is 28.6. The van der Waals surface area contributed by atoms with Gasteiger partial charge in [0.05, 0.1) is 11.1 Å². The summed E-state index contributed by atoms with van der Waals surface area (Å²) in [6.45, 7) is 5.24. The maximum atomic E-state index is 12.6. The van der Waals surface area contributed by atoms with Gasteiger partial charge in [-0.3, -0.25) is 14.6 Å². The van der Waals surface area contributed by atoms with Crippen LogP contribution in [0.15, 0.2) is 53.6 Å². The van der Waals surface area contributed by atoms with Crippen LogP contribution >= 0.6 is 0 Å². The minimum absolute atomic E-state index is 0.00390. The van der Waals surface area contributed by atoms with Crippen LogP contribution in [-0.2, 0) is 6.54 Å². The number of carbonyl (C=O) groups excluding carboxylic acids is 1. The van der Waals surface area contributed by atoms with Gasteiger partial charge in [0.1, 0.15) is 0 Å². The second kappa shape index (κ2) is 7.95. The number of pyridine rings is 2. The van der Waals surface area contributed by atoms with E-state index in [2.05, 4.69) is 16.4 Å². The van der Waals surface area contributed by atoms with Gasteiger partial charge in [0, 0.05) is 36.9 Å². The summed E-state index contributed by atoms with van der Waals surface area (Å²) in [5.41, 5.74) is 3.51. The normalized spacial score (nSPS) is 10.8. The van der Waals surface area contributed by atoms with E-state index in [-0.39, 0.29) is 11.5 Å². The molecule has 0 fully saturated rings. The van der Waals surface area contributed by atoms with E-state index in [0.29, 0.717) is 18.7 Å². The van der Waals surface area contributed by atoms with Crippen LogP contribution in [0.2, 0.25) is 0 Å². The predicted molar refractivity (Wildman–Crippen MR) is 103 cm³/mol. The molecule has 1 amide bonds. The van der Waals surface area contributed by atoms with Gasteiger partial charge in [-0.15, -0.1) is 0 Å². The van der Waals surface area contributed by atoms with E-state index in [1.54, 1.807) is 29.1 Å². The standard InChI is InChI=1S/C21H23N3O2/c1-15-13-17-16(2)8-10-22-20(17)18(14-15)21(26)23-9-4-6-12-24-11-5-3-7-19(24)25/h3,5,7-8,10-11,13-14H,4,6,9,12H2,1-2H3,(H,23,26). The van der Waals surface area contributed by atoms with Crippen LogP contribution in [0.4, 0.5) is 0 Å². The van der Waals surface area contributed by atoms with Crippen molar-refractivity contribution in [1.82, 2.24) is 14.9 Å². The molecule has 0 aliphatic rings. The minimum Gasteiger partial charge on any atom is -0.352 e. The average molecular weight is 349 g/mol. The number of aryl methyl sites for hydroxylation is 3. The number of unbranched alkanes of at least 4 members (excludes halogenated alkanes) is 1. The van der Waals surface area contributed by atoms with Gasteiger partial charge in [0.15, 0.2) is 0 Å². The fourth-order valence-electron chi connectivity index (χ4n) is 3.05. The average Bonchev–Trinajstić information content (AvgIpc) is 2.63. The molecule has 0 bridgehead atoms. The van der Waals surface area contributed by atoms with Gasteiger partial charge in [0.25, 0.3) is 5.91 Å². The summed E-state index contributed by atoms with van der Waals surface area (Å²) in [6, 6.07) is 11.0. The molecule has 0 spiro atoms.